The normalized spacial score (nSPS) is 22.3. The SMILES string of the molecule is CCOc1cc(CC2CCCCC2N)ccc1OC(C)C. The Morgan fingerprint density at radius 3 is 2.62 bits per heavy atom. The van der Waals surface area contributed by atoms with Gasteiger partial charge in [-0.05, 0) is 63.6 Å². The second-order valence-electron chi connectivity index (χ2n) is 6.29. The third kappa shape index (κ3) is 4.63. The van der Waals surface area contributed by atoms with Crippen LogP contribution < -0.4 is 15.2 Å². The van der Waals surface area contributed by atoms with Crippen molar-refractivity contribution >= 4 is 0 Å². The summed E-state index contributed by atoms with van der Waals surface area (Å²) in [7, 11) is 0. The quantitative estimate of drug-likeness (QED) is 0.863. The van der Waals surface area contributed by atoms with E-state index in [1.807, 2.05) is 26.8 Å². The highest BCUT2D eigenvalue weighted by atomic mass is 16.5. The molecule has 3 heteroatoms. The Kier molecular flexibility index (Phi) is 5.92. The number of ether oxygens (including phenoxy) is 2. The van der Waals surface area contributed by atoms with Crippen molar-refractivity contribution in [3.8, 4) is 11.5 Å². The van der Waals surface area contributed by atoms with Crippen LogP contribution in [0.15, 0.2) is 18.2 Å². The maximum Gasteiger partial charge on any atom is 0.161 e. The van der Waals surface area contributed by atoms with Gasteiger partial charge in [-0.25, -0.2) is 0 Å². The van der Waals surface area contributed by atoms with Gasteiger partial charge in [0.1, 0.15) is 0 Å². The number of hydrogen-bond acceptors (Lipinski definition) is 3. The highest BCUT2D eigenvalue weighted by Crippen LogP contribution is 2.32. The molecule has 2 rings (SSSR count). The summed E-state index contributed by atoms with van der Waals surface area (Å²) in [4.78, 5) is 0. The lowest BCUT2D eigenvalue weighted by Gasteiger charge is -2.28. The Hall–Kier alpha value is -1.22. The van der Waals surface area contributed by atoms with Gasteiger partial charge in [-0.15, -0.1) is 0 Å². The largest absolute Gasteiger partial charge is 0.490 e. The molecule has 0 heterocycles. The predicted octanol–water partition coefficient (Wildman–Crippen LogP) is 3.93. The maximum atomic E-state index is 6.26. The van der Waals surface area contributed by atoms with Gasteiger partial charge in [-0.3, -0.25) is 0 Å². The minimum Gasteiger partial charge on any atom is -0.490 e. The Labute approximate surface area is 128 Å². The first-order chi connectivity index (χ1) is 10.1. The first-order valence-corrected chi connectivity index (χ1v) is 8.28. The number of benzene rings is 1. The molecule has 0 spiro atoms. The van der Waals surface area contributed by atoms with Gasteiger partial charge < -0.3 is 15.2 Å². The molecular formula is C18H29NO2. The van der Waals surface area contributed by atoms with Crippen LogP contribution in [0.1, 0.15) is 52.0 Å². The molecule has 0 aliphatic heterocycles. The van der Waals surface area contributed by atoms with E-state index >= 15 is 0 Å². The van der Waals surface area contributed by atoms with Gasteiger partial charge in [-0.2, -0.15) is 0 Å². The van der Waals surface area contributed by atoms with E-state index in [1.165, 1.54) is 24.8 Å². The summed E-state index contributed by atoms with van der Waals surface area (Å²) in [5, 5.41) is 0. The van der Waals surface area contributed by atoms with E-state index in [-0.39, 0.29) is 6.10 Å². The molecule has 1 fully saturated rings. The van der Waals surface area contributed by atoms with Gasteiger partial charge in [0.25, 0.3) is 0 Å². The van der Waals surface area contributed by atoms with Crippen LogP contribution in [0, 0.1) is 5.92 Å². The van der Waals surface area contributed by atoms with Crippen molar-refractivity contribution < 1.29 is 9.47 Å². The van der Waals surface area contributed by atoms with Crippen LogP contribution in [0.4, 0.5) is 0 Å². The summed E-state index contributed by atoms with van der Waals surface area (Å²) in [6, 6.07) is 6.67. The molecule has 3 nitrogen and oxygen atoms in total. The molecule has 0 amide bonds. The lowest BCUT2D eigenvalue weighted by atomic mass is 9.81. The van der Waals surface area contributed by atoms with Crippen LogP contribution in [0.5, 0.6) is 11.5 Å². The Morgan fingerprint density at radius 1 is 1.19 bits per heavy atom. The molecule has 0 saturated heterocycles. The fraction of sp³-hybridized carbons (Fsp3) is 0.667. The number of hydrogen-bond donors (Lipinski definition) is 1. The van der Waals surface area contributed by atoms with E-state index in [4.69, 9.17) is 15.2 Å². The Balaban J connectivity index is 2.10. The van der Waals surface area contributed by atoms with Crippen molar-refractivity contribution in [3.63, 3.8) is 0 Å². The Bertz CT molecular complexity index is 445. The molecule has 2 atom stereocenters. The van der Waals surface area contributed by atoms with Crippen LogP contribution in [0.2, 0.25) is 0 Å². The zero-order chi connectivity index (χ0) is 15.2. The average Bonchev–Trinajstić information content (AvgIpc) is 2.44. The highest BCUT2D eigenvalue weighted by Gasteiger charge is 2.22. The summed E-state index contributed by atoms with van der Waals surface area (Å²) in [6.45, 7) is 6.72. The van der Waals surface area contributed by atoms with Crippen LogP contribution in [-0.4, -0.2) is 18.8 Å². The van der Waals surface area contributed by atoms with E-state index in [0.717, 1.165) is 24.3 Å². The van der Waals surface area contributed by atoms with Crippen molar-refractivity contribution in [1.29, 1.82) is 0 Å². The minimum absolute atomic E-state index is 0.154. The van der Waals surface area contributed by atoms with E-state index < -0.39 is 0 Å². The predicted molar refractivity (Wildman–Crippen MR) is 87.0 cm³/mol. The molecule has 118 valence electrons. The van der Waals surface area contributed by atoms with Crippen molar-refractivity contribution in [2.24, 2.45) is 11.7 Å². The second kappa shape index (κ2) is 7.69. The third-order valence-corrected chi connectivity index (χ3v) is 4.14. The first-order valence-electron chi connectivity index (χ1n) is 8.28. The zero-order valence-electron chi connectivity index (χ0n) is 13.6. The molecule has 2 unspecified atom stereocenters. The monoisotopic (exact) mass is 291 g/mol. The molecule has 1 aliphatic rings. The van der Waals surface area contributed by atoms with Crippen LogP contribution >= 0.6 is 0 Å². The molecular weight excluding hydrogens is 262 g/mol. The van der Waals surface area contributed by atoms with E-state index in [0.29, 0.717) is 18.6 Å². The van der Waals surface area contributed by atoms with E-state index in [2.05, 4.69) is 12.1 Å². The van der Waals surface area contributed by atoms with Gasteiger partial charge in [0, 0.05) is 6.04 Å². The molecule has 21 heavy (non-hydrogen) atoms. The first kappa shape index (κ1) is 16.2. The lowest BCUT2D eigenvalue weighted by Crippen LogP contribution is -2.34. The summed E-state index contributed by atoms with van der Waals surface area (Å²) >= 11 is 0. The molecule has 2 N–H and O–H groups in total. The molecule has 0 aromatic heterocycles. The van der Waals surface area contributed by atoms with Crippen LogP contribution in [0.3, 0.4) is 0 Å². The van der Waals surface area contributed by atoms with Crippen molar-refractivity contribution in [1.82, 2.24) is 0 Å². The van der Waals surface area contributed by atoms with E-state index in [9.17, 15) is 0 Å². The smallest absolute Gasteiger partial charge is 0.161 e. The lowest BCUT2D eigenvalue weighted by molar-refractivity contribution is 0.223. The van der Waals surface area contributed by atoms with Crippen LogP contribution in [0.25, 0.3) is 0 Å². The molecule has 1 aliphatic carbocycles. The molecule has 1 aromatic rings. The van der Waals surface area contributed by atoms with Gasteiger partial charge >= 0.3 is 0 Å². The summed E-state index contributed by atoms with van der Waals surface area (Å²) in [5.41, 5.74) is 7.57. The number of rotatable bonds is 6. The number of nitrogens with two attached hydrogens (primary N) is 1. The minimum atomic E-state index is 0.154. The average molecular weight is 291 g/mol. The molecule has 0 bridgehead atoms. The molecule has 0 radical (unpaired) electrons. The summed E-state index contributed by atoms with van der Waals surface area (Å²) in [5.74, 6) is 2.29. The van der Waals surface area contributed by atoms with Gasteiger partial charge in [-0.1, -0.05) is 18.9 Å². The van der Waals surface area contributed by atoms with E-state index in [1.54, 1.807) is 0 Å². The van der Waals surface area contributed by atoms with Crippen molar-refractivity contribution in [3.05, 3.63) is 23.8 Å². The topological polar surface area (TPSA) is 44.5 Å². The van der Waals surface area contributed by atoms with Gasteiger partial charge in [0.2, 0.25) is 0 Å². The fourth-order valence-electron chi connectivity index (χ4n) is 3.09. The zero-order valence-corrected chi connectivity index (χ0v) is 13.6. The highest BCUT2D eigenvalue weighted by molar-refractivity contribution is 5.43. The van der Waals surface area contributed by atoms with Gasteiger partial charge in [0.05, 0.1) is 12.7 Å². The second-order valence-corrected chi connectivity index (χ2v) is 6.29. The van der Waals surface area contributed by atoms with Crippen molar-refractivity contribution in [2.75, 3.05) is 6.61 Å². The summed E-state index contributed by atoms with van der Waals surface area (Å²) < 4.78 is 11.6. The maximum absolute atomic E-state index is 6.26. The molecule has 1 saturated carbocycles. The van der Waals surface area contributed by atoms with Gasteiger partial charge in [0.15, 0.2) is 11.5 Å². The molecule has 1 aromatic carbocycles. The van der Waals surface area contributed by atoms with Crippen LogP contribution in [-0.2, 0) is 6.42 Å². The Morgan fingerprint density at radius 2 is 1.95 bits per heavy atom. The summed E-state index contributed by atoms with van der Waals surface area (Å²) in [6.07, 6.45) is 6.20. The fourth-order valence-corrected chi connectivity index (χ4v) is 3.09. The third-order valence-electron chi connectivity index (χ3n) is 4.14. The standard InChI is InChI=1S/C18H29NO2/c1-4-20-18-12-14(9-10-17(18)21-13(2)3)11-15-7-5-6-8-16(15)19/h9-10,12-13,15-16H,4-8,11,19H2,1-3H3. The van der Waals surface area contributed by atoms with Crippen molar-refractivity contribution in [2.45, 2.75) is 65.0 Å².